The van der Waals surface area contributed by atoms with Gasteiger partial charge in [-0.25, -0.2) is 8.42 Å². The van der Waals surface area contributed by atoms with E-state index in [0.717, 1.165) is 19.4 Å². The van der Waals surface area contributed by atoms with E-state index in [1.54, 1.807) is 47.2 Å². The fourth-order valence-corrected chi connectivity index (χ4v) is 5.54. The molecule has 1 amide bonds. The third-order valence-electron chi connectivity index (χ3n) is 5.20. The number of sulfone groups is 1. The van der Waals surface area contributed by atoms with Crippen molar-refractivity contribution in [2.24, 2.45) is 0 Å². The Balaban J connectivity index is 1.57. The van der Waals surface area contributed by atoms with Gasteiger partial charge in [0.1, 0.15) is 6.54 Å². The van der Waals surface area contributed by atoms with Crippen LogP contribution in [0.15, 0.2) is 59.6 Å². The number of fused-ring (bicyclic) bond motifs is 1. The lowest BCUT2D eigenvalue weighted by Crippen LogP contribution is -2.34. The minimum atomic E-state index is -3.63. The van der Waals surface area contributed by atoms with Crippen LogP contribution in [0.3, 0.4) is 0 Å². The summed E-state index contributed by atoms with van der Waals surface area (Å²) in [5, 5.41) is 3.98. The highest BCUT2D eigenvalue weighted by Gasteiger charge is 2.23. The van der Waals surface area contributed by atoms with E-state index in [4.69, 9.17) is 16.3 Å². The summed E-state index contributed by atoms with van der Waals surface area (Å²) in [5.41, 5.74) is 1.32. The van der Waals surface area contributed by atoms with Crippen molar-refractivity contribution in [3.8, 4) is 0 Å². The normalized spacial score (nSPS) is 16.8. The van der Waals surface area contributed by atoms with Crippen LogP contribution in [0.25, 0.3) is 10.9 Å². The van der Waals surface area contributed by atoms with Crippen LogP contribution in [0, 0.1) is 0 Å². The molecule has 0 radical (unpaired) electrons. The molecule has 8 heteroatoms. The van der Waals surface area contributed by atoms with Gasteiger partial charge in [0.15, 0.2) is 9.84 Å². The first-order chi connectivity index (χ1) is 14.4. The molecule has 0 bridgehead atoms. The fourth-order valence-electron chi connectivity index (χ4n) is 3.76. The van der Waals surface area contributed by atoms with E-state index < -0.39 is 9.84 Å². The number of carbonyl (C=O) groups is 1. The van der Waals surface area contributed by atoms with Gasteiger partial charge in [-0.05, 0) is 36.6 Å². The van der Waals surface area contributed by atoms with E-state index in [1.165, 1.54) is 0 Å². The lowest BCUT2D eigenvalue weighted by atomic mass is 10.2. The summed E-state index contributed by atoms with van der Waals surface area (Å²) < 4.78 is 33.5. The maximum absolute atomic E-state index is 13.2. The first kappa shape index (κ1) is 20.9. The van der Waals surface area contributed by atoms with Gasteiger partial charge < -0.3 is 14.6 Å². The summed E-state index contributed by atoms with van der Waals surface area (Å²) in [5.74, 6) is -0.336. The number of rotatable bonds is 7. The number of benzene rings is 2. The number of ether oxygens (including phenoxy) is 1. The predicted octanol–water partition coefficient (Wildman–Crippen LogP) is 3.56. The van der Waals surface area contributed by atoms with Crippen molar-refractivity contribution in [1.82, 2.24) is 9.88 Å². The number of carbonyl (C=O) groups excluding carboxylic acids is 1. The van der Waals surface area contributed by atoms with Crippen molar-refractivity contribution in [1.29, 1.82) is 0 Å². The molecule has 30 heavy (non-hydrogen) atoms. The van der Waals surface area contributed by atoms with Gasteiger partial charge in [-0.2, -0.15) is 0 Å². The molecule has 1 aliphatic rings. The number of halogens is 1. The van der Waals surface area contributed by atoms with E-state index in [0.29, 0.717) is 28.0 Å². The van der Waals surface area contributed by atoms with Crippen LogP contribution >= 0.6 is 11.6 Å². The first-order valence-corrected chi connectivity index (χ1v) is 11.9. The predicted molar refractivity (Wildman–Crippen MR) is 116 cm³/mol. The average Bonchev–Trinajstić information content (AvgIpc) is 3.35. The Morgan fingerprint density at radius 1 is 1.20 bits per heavy atom. The van der Waals surface area contributed by atoms with Crippen LogP contribution in [0.2, 0.25) is 5.02 Å². The van der Waals surface area contributed by atoms with E-state index in [2.05, 4.69) is 5.32 Å². The smallest absolute Gasteiger partial charge is 0.240 e. The van der Waals surface area contributed by atoms with Crippen LogP contribution in [-0.2, 0) is 31.7 Å². The van der Waals surface area contributed by atoms with Gasteiger partial charge in [-0.3, -0.25) is 4.79 Å². The topological polar surface area (TPSA) is 77.4 Å². The number of nitrogens with zero attached hydrogens (tertiary/aromatic N) is 1. The maximum atomic E-state index is 13.2. The molecule has 3 aromatic rings. The average molecular weight is 447 g/mol. The molecule has 0 unspecified atom stereocenters. The van der Waals surface area contributed by atoms with Crippen LogP contribution in [0.1, 0.15) is 18.4 Å². The van der Waals surface area contributed by atoms with Gasteiger partial charge in [0, 0.05) is 35.3 Å². The van der Waals surface area contributed by atoms with Gasteiger partial charge in [0.05, 0.1) is 16.8 Å². The monoisotopic (exact) mass is 446 g/mol. The standard InChI is InChI=1S/C22H23ClN2O4S/c23-17-6-3-5-16(11-17)15-30(27,28)21-13-25(20-9-2-1-8-19(20)21)14-22(26)24-12-18-7-4-10-29-18/h1-3,5-6,8-9,11,13,18H,4,7,10,12,14-15H2,(H,24,26)/t18-/m0/s1. The SMILES string of the molecule is O=C(Cn1cc(S(=O)(=O)Cc2cccc(Cl)c2)c2ccccc21)NC[C@@H]1CCCO1. The molecule has 158 valence electrons. The Morgan fingerprint density at radius 3 is 2.80 bits per heavy atom. The quantitative estimate of drug-likeness (QED) is 0.602. The molecule has 2 aromatic carbocycles. The molecule has 0 saturated carbocycles. The summed E-state index contributed by atoms with van der Waals surface area (Å²) in [6, 6.07) is 14.0. The molecule has 1 fully saturated rings. The Kier molecular flexibility index (Phi) is 6.13. The van der Waals surface area contributed by atoms with Crippen molar-refractivity contribution in [3.63, 3.8) is 0 Å². The number of aromatic nitrogens is 1. The molecule has 0 spiro atoms. The molecule has 4 rings (SSSR count). The van der Waals surface area contributed by atoms with Crippen molar-refractivity contribution >= 4 is 38.2 Å². The zero-order valence-electron chi connectivity index (χ0n) is 16.4. The van der Waals surface area contributed by atoms with Gasteiger partial charge in [-0.15, -0.1) is 0 Å². The number of hydrogen-bond donors (Lipinski definition) is 1. The van der Waals surface area contributed by atoms with Crippen LogP contribution < -0.4 is 5.32 Å². The van der Waals surface area contributed by atoms with E-state index in [1.807, 2.05) is 12.1 Å². The second-order valence-corrected chi connectivity index (χ2v) is 9.86. The molecule has 1 atom stereocenters. The van der Waals surface area contributed by atoms with Crippen LogP contribution in [-0.4, -0.2) is 38.1 Å². The molecule has 1 aromatic heterocycles. The third-order valence-corrected chi connectivity index (χ3v) is 7.14. The molecular formula is C22H23ClN2O4S. The number of hydrogen-bond acceptors (Lipinski definition) is 4. The van der Waals surface area contributed by atoms with E-state index >= 15 is 0 Å². The maximum Gasteiger partial charge on any atom is 0.240 e. The van der Waals surface area contributed by atoms with Crippen LogP contribution in [0.4, 0.5) is 0 Å². The van der Waals surface area contributed by atoms with Crippen molar-refractivity contribution in [2.45, 2.75) is 36.1 Å². The van der Waals surface area contributed by atoms with Gasteiger partial charge in [-0.1, -0.05) is 41.9 Å². The lowest BCUT2D eigenvalue weighted by Gasteiger charge is -2.11. The van der Waals surface area contributed by atoms with Crippen molar-refractivity contribution in [3.05, 3.63) is 65.3 Å². The highest BCUT2D eigenvalue weighted by molar-refractivity contribution is 7.90. The van der Waals surface area contributed by atoms with Crippen molar-refractivity contribution in [2.75, 3.05) is 13.2 Å². The molecule has 1 N–H and O–H groups in total. The number of amides is 1. The van der Waals surface area contributed by atoms with E-state index in [-0.39, 0.29) is 29.2 Å². The molecule has 1 saturated heterocycles. The van der Waals surface area contributed by atoms with Crippen molar-refractivity contribution < 1.29 is 17.9 Å². The van der Waals surface area contributed by atoms with Crippen LogP contribution in [0.5, 0.6) is 0 Å². The van der Waals surface area contributed by atoms with Gasteiger partial charge >= 0.3 is 0 Å². The van der Waals surface area contributed by atoms with Gasteiger partial charge in [0.25, 0.3) is 0 Å². The zero-order valence-corrected chi connectivity index (χ0v) is 18.0. The Labute approximate surface area is 180 Å². The highest BCUT2D eigenvalue weighted by Crippen LogP contribution is 2.28. The molecule has 0 aliphatic carbocycles. The fraction of sp³-hybridized carbons (Fsp3) is 0.318. The minimum Gasteiger partial charge on any atom is -0.376 e. The lowest BCUT2D eigenvalue weighted by molar-refractivity contribution is -0.122. The highest BCUT2D eigenvalue weighted by atomic mass is 35.5. The summed E-state index contributed by atoms with van der Waals surface area (Å²) in [6.07, 6.45) is 3.56. The number of para-hydroxylation sites is 1. The third kappa shape index (κ3) is 4.69. The summed E-state index contributed by atoms with van der Waals surface area (Å²) in [7, 11) is -3.63. The summed E-state index contributed by atoms with van der Waals surface area (Å²) >= 11 is 6.00. The Hall–Kier alpha value is -2.35. The second kappa shape index (κ2) is 8.79. The minimum absolute atomic E-state index is 0.0416. The Morgan fingerprint density at radius 2 is 2.03 bits per heavy atom. The Bertz CT molecular complexity index is 1170. The largest absolute Gasteiger partial charge is 0.376 e. The second-order valence-electron chi connectivity index (χ2n) is 7.47. The summed E-state index contributed by atoms with van der Waals surface area (Å²) in [4.78, 5) is 12.7. The molecule has 2 heterocycles. The zero-order chi connectivity index (χ0) is 21.1. The number of nitrogens with one attached hydrogen (secondary N) is 1. The molecular weight excluding hydrogens is 424 g/mol. The summed E-state index contributed by atoms with van der Waals surface area (Å²) in [6.45, 7) is 1.24. The molecule has 6 nitrogen and oxygen atoms in total. The first-order valence-electron chi connectivity index (χ1n) is 9.86. The van der Waals surface area contributed by atoms with E-state index in [9.17, 15) is 13.2 Å². The van der Waals surface area contributed by atoms with Gasteiger partial charge in [0.2, 0.25) is 5.91 Å². The molecule has 1 aliphatic heterocycles.